The molecule has 1 amide bonds. The number of nitrogens with zero attached hydrogens (tertiary/aromatic N) is 2. The quantitative estimate of drug-likeness (QED) is 0.578. The van der Waals surface area contributed by atoms with Crippen LogP contribution in [-0.2, 0) is 4.74 Å². The summed E-state index contributed by atoms with van der Waals surface area (Å²) in [5.41, 5.74) is 11.4. The molecule has 3 aromatic rings. The maximum absolute atomic E-state index is 12.6. The summed E-state index contributed by atoms with van der Waals surface area (Å²) in [5, 5.41) is 3.11. The van der Waals surface area contributed by atoms with E-state index in [0.29, 0.717) is 18.8 Å². The van der Waals surface area contributed by atoms with Crippen LogP contribution in [0, 0.1) is 0 Å². The summed E-state index contributed by atoms with van der Waals surface area (Å²) in [7, 11) is 0. The van der Waals surface area contributed by atoms with Crippen LogP contribution in [0.1, 0.15) is 46.4 Å². The Balaban J connectivity index is 1.31. The molecule has 1 aromatic carbocycles. The van der Waals surface area contributed by atoms with E-state index in [2.05, 4.69) is 38.3 Å². The summed E-state index contributed by atoms with van der Waals surface area (Å²) in [6.07, 6.45) is 5.41. The first-order valence-electron chi connectivity index (χ1n) is 11.1. The molecule has 2 fully saturated rings. The summed E-state index contributed by atoms with van der Waals surface area (Å²) in [6, 6.07) is 18.1. The Bertz CT molecular complexity index is 1050. The average molecular weight is 430 g/mol. The Labute approximate surface area is 187 Å². The van der Waals surface area contributed by atoms with Gasteiger partial charge in [0.25, 0.3) is 5.91 Å². The third-order valence-electron chi connectivity index (χ3n) is 6.20. The van der Waals surface area contributed by atoms with Gasteiger partial charge < -0.3 is 10.1 Å². The molecule has 0 radical (unpaired) electrons. The summed E-state index contributed by atoms with van der Waals surface area (Å²) in [5.74, 6) is 0.211. The van der Waals surface area contributed by atoms with Crippen LogP contribution < -0.4 is 16.2 Å². The third-order valence-corrected chi connectivity index (χ3v) is 6.20. The van der Waals surface area contributed by atoms with Gasteiger partial charge in [-0.25, -0.2) is 5.43 Å². The largest absolute Gasteiger partial charge is 0.381 e. The molecule has 2 atom stereocenters. The molecule has 2 aromatic heterocycles. The molecule has 2 aliphatic heterocycles. The minimum atomic E-state index is -0.0357. The fourth-order valence-electron chi connectivity index (χ4n) is 4.39. The van der Waals surface area contributed by atoms with Crippen molar-refractivity contribution in [1.29, 1.82) is 0 Å². The van der Waals surface area contributed by atoms with Gasteiger partial charge in [0.1, 0.15) is 0 Å². The monoisotopic (exact) mass is 429 g/mol. The van der Waals surface area contributed by atoms with Crippen molar-refractivity contribution < 1.29 is 9.53 Å². The van der Waals surface area contributed by atoms with Crippen LogP contribution in [0.4, 0.5) is 0 Å². The number of hydrogen-bond donors (Lipinski definition) is 3. The van der Waals surface area contributed by atoms with Gasteiger partial charge in [-0.1, -0.05) is 18.2 Å². The van der Waals surface area contributed by atoms with Crippen LogP contribution in [0.3, 0.4) is 0 Å². The predicted octanol–water partition coefficient (Wildman–Crippen LogP) is 2.99. The highest BCUT2D eigenvalue weighted by Gasteiger charge is 2.30. The Morgan fingerprint density at radius 1 is 1.00 bits per heavy atom. The number of benzene rings is 1. The summed E-state index contributed by atoms with van der Waals surface area (Å²) in [6.45, 7) is 2.23. The molecule has 7 nitrogen and oxygen atoms in total. The molecule has 0 bridgehead atoms. The SMILES string of the molecule is O=C(NC1CCOCC1)c1ccc(-c2cc(C3CNNC3c3ccccn3)ccn2)cc1. The summed E-state index contributed by atoms with van der Waals surface area (Å²) >= 11 is 0. The van der Waals surface area contributed by atoms with Crippen molar-refractivity contribution >= 4 is 5.91 Å². The number of amides is 1. The lowest BCUT2D eigenvalue weighted by atomic mass is 9.90. The van der Waals surface area contributed by atoms with Gasteiger partial charge in [0.2, 0.25) is 0 Å². The number of carbonyl (C=O) groups excluding carboxylic acids is 1. The Hall–Kier alpha value is -3.13. The van der Waals surface area contributed by atoms with E-state index in [1.165, 1.54) is 5.56 Å². The van der Waals surface area contributed by atoms with Gasteiger partial charge in [0.15, 0.2) is 0 Å². The van der Waals surface area contributed by atoms with E-state index < -0.39 is 0 Å². The zero-order chi connectivity index (χ0) is 21.8. The Kier molecular flexibility index (Phi) is 6.20. The molecule has 7 heteroatoms. The van der Waals surface area contributed by atoms with Crippen LogP contribution in [0.5, 0.6) is 0 Å². The molecule has 0 spiro atoms. The highest BCUT2D eigenvalue weighted by Crippen LogP contribution is 2.33. The lowest BCUT2D eigenvalue weighted by molar-refractivity contribution is 0.0696. The van der Waals surface area contributed by atoms with Gasteiger partial charge >= 0.3 is 0 Å². The lowest BCUT2D eigenvalue weighted by Gasteiger charge is -2.23. The summed E-state index contributed by atoms with van der Waals surface area (Å²) < 4.78 is 5.36. The molecule has 0 saturated carbocycles. The van der Waals surface area contributed by atoms with Crippen LogP contribution in [0.25, 0.3) is 11.3 Å². The molecule has 3 N–H and O–H groups in total. The highest BCUT2D eigenvalue weighted by atomic mass is 16.5. The van der Waals surface area contributed by atoms with Crippen molar-refractivity contribution in [2.75, 3.05) is 19.8 Å². The second kappa shape index (κ2) is 9.56. The van der Waals surface area contributed by atoms with E-state index in [0.717, 1.165) is 36.3 Å². The summed E-state index contributed by atoms with van der Waals surface area (Å²) in [4.78, 5) is 21.7. The first kappa shape index (κ1) is 20.8. The van der Waals surface area contributed by atoms with Crippen molar-refractivity contribution in [1.82, 2.24) is 26.1 Å². The smallest absolute Gasteiger partial charge is 0.251 e. The second-order valence-corrected chi connectivity index (χ2v) is 8.28. The maximum Gasteiger partial charge on any atom is 0.251 e. The molecule has 2 unspecified atom stereocenters. The number of hydrazine groups is 1. The molecule has 2 saturated heterocycles. The van der Waals surface area contributed by atoms with E-state index in [1.807, 2.05) is 54.9 Å². The average Bonchev–Trinajstić information content (AvgIpc) is 3.36. The maximum atomic E-state index is 12.6. The van der Waals surface area contributed by atoms with Crippen molar-refractivity contribution in [3.63, 3.8) is 0 Å². The zero-order valence-corrected chi connectivity index (χ0v) is 17.8. The molecule has 0 aliphatic carbocycles. The van der Waals surface area contributed by atoms with Crippen molar-refractivity contribution in [2.24, 2.45) is 0 Å². The molecule has 5 rings (SSSR count). The zero-order valence-electron chi connectivity index (χ0n) is 17.8. The molecule has 32 heavy (non-hydrogen) atoms. The molecular weight excluding hydrogens is 402 g/mol. The van der Waals surface area contributed by atoms with E-state index in [1.54, 1.807) is 0 Å². The number of hydrogen-bond acceptors (Lipinski definition) is 6. The number of ether oxygens (including phenoxy) is 1. The number of carbonyl (C=O) groups is 1. The Morgan fingerprint density at radius 2 is 1.84 bits per heavy atom. The molecule has 4 heterocycles. The third kappa shape index (κ3) is 4.55. The molecular formula is C25H27N5O2. The van der Waals surface area contributed by atoms with Crippen LogP contribution in [-0.4, -0.2) is 41.7 Å². The van der Waals surface area contributed by atoms with Crippen LogP contribution in [0.15, 0.2) is 67.0 Å². The lowest BCUT2D eigenvalue weighted by Crippen LogP contribution is -2.38. The van der Waals surface area contributed by atoms with Crippen LogP contribution in [0.2, 0.25) is 0 Å². The highest BCUT2D eigenvalue weighted by molar-refractivity contribution is 5.94. The number of nitrogens with one attached hydrogen (secondary N) is 3. The minimum Gasteiger partial charge on any atom is -0.381 e. The minimum absolute atomic E-state index is 0.0357. The number of aromatic nitrogens is 2. The second-order valence-electron chi connectivity index (χ2n) is 8.28. The van der Waals surface area contributed by atoms with Gasteiger partial charge in [0.05, 0.1) is 17.4 Å². The van der Waals surface area contributed by atoms with E-state index in [9.17, 15) is 4.79 Å². The number of pyridine rings is 2. The van der Waals surface area contributed by atoms with E-state index in [-0.39, 0.29) is 23.9 Å². The van der Waals surface area contributed by atoms with E-state index in [4.69, 9.17) is 4.74 Å². The fraction of sp³-hybridized carbons (Fsp3) is 0.320. The predicted molar refractivity (Wildman–Crippen MR) is 122 cm³/mol. The molecule has 164 valence electrons. The van der Waals surface area contributed by atoms with Gasteiger partial charge in [-0.05, 0) is 54.8 Å². The van der Waals surface area contributed by atoms with Gasteiger partial charge in [-0.2, -0.15) is 0 Å². The van der Waals surface area contributed by atoms with E-state index >= 15 is 0 Å². The first-order chi connectivity index (χ1) is 15.8. The van der Waals surface area contributed by atoms with Crippen molar-refractivity contribution in [2.45, 2.75) is 30.8 Å². The van der Waals surface area contributed by atoms with Crippen molar-refractivity contribution in [3.8, 4) is 11.3 Å². The van der Waals surface area contributed by atoms with Gasteiger partial charge in [-0.3, -0.25) is 20.2 Å². The topological polar surface area (TPSA) is 88.2 Å². The van der Waals surface area contributed by atoms with Gasteiger partial charge in [-0.15, -0.1) is 0 Å². The van der Waals surface area contributed by atoms with Crippen LogP contribution >= 0.6 is 0 Å². The van der Waals surface area contributed by atoms with Gasteiger partial charge in [0, 0.05) is 55.2 Å². The van der Waals surface area contributed by atoms with Crippen molar-refractivity contribution in [3.05, 3.63) is 83.8 Å². The normalized spacial score (nSPS) is 21.4. The number of rotatable bonds is 5. The fourth-order valence-corrected chi connectivity index (χ4v) is 4.39. The first-order valence-corrected chi connectivity index (χ1v) is 11.1. The Morgan fingerprint density at radius 3 is 2.62 bits per heavy atom. The standard InChI is InChI=1S/C25H27N5O2/c31-25(29-20-9-13-32-14-10-20)18-6-4-17(5-7-18)23-15-19(8-12-27-23)21-16-28-30-24(21)22-3-1-2-11-26-22/h1-8,11-12,15,20-21,24,28,30H,9-10,13-14,16H2,(H,29,31). The molecule has 2 aliphatic rings.